The Balaban J connectivity index is 2.59. The van der Waals surface area contributed by atoms with Gasteiger partial charge in [0.05, 0.1) is 17.7 Å². The van der Waals surface area contributed by atoms with Gasteiger partial charge in [-0.1, -0.05) is 0 Å². The van der Waals surface area contributed by atoms with Crippen LogP contribution in [-0.2, 0) is 4.79 Å². The van der Waals surface area contributed by atoms with Crippen LogP contribution in [0, 0.1) is 0 Å². The second-order valence-electron chi connectivity index (χ2n) is 5.21. The van der Waals surface area contributed by atoms with Crippen LogP contribution in [0.5, 0.6) is 0 Å². The van der Waals surface area contributed by atoms with Crippen molar-refractivity contribution in [3.05, 3.63) is 0 Å². The predicted molar refractivity (Wildman–Crippen MR) is 59.6 cm³/mol. The number of hydrogen-bond acceptors (Lipinski definition) is 3. The van der Waals surface area contributed by atoms with Crippen molar-refractivity contribution in [2.45, 2.75) is 51.1 Å². The average molecular weight is 214 g/mol. The summed E-state index contributed by atoms with van der Waals surface area (Å²) in [7, 11) is 0. The summed E-state index contributed by atoms with van der Waals surface area (Å²) in [6.07, 6.45) is 3.07. The molecule has 4 heteroatoms. The topological polar surface area (TPSA) is 61.4 Å². The van der Waals surface area contributed by atoms with E-state index in [1.165, 1.54) is 0 Å². The fraction of sp³-hybridized carbons (Fsp3) is 0.909. The van der Waals surface area contributed by atoms with Gasteiger partial charge in [-0.05, 0) is 46.6 Å². The molecule has 0 aliphatic carbocycles. The van der Waals surface area contributed by atoms with Crippen LogP contribution in [0.2, 0.25) is 0 Å². The molecule has 0 spiro atoms. The summed E-state index contributed by atoms with van der Waals surface area (Å²) in [5.41, 5.74) is -1.01. The lowest BCUT2D eigenvalue weighted by Crippen LogP contribution is -2.61. The maximum Gasteiger partial charge on any atom is 0.240 e. The fourth-order valence-electron chi connectivity index (χ4n) is 1.73. The summed E-state index contributed by atoms with van der Waals surface area (Å²) >= 11 is 0. The third kappa shape index (κ3) is 3.18. The lowest BCUT2D eigenvalue weighted by molar-refractivity contribution is -0.130. The number of nitrogens with one attached hydrogen (secondary N) is 2. The largest absolute Gasteiger partial charge is 0.394 e. The van der Waals surface area contributed by atoms with E-state index in [-0.39, 0.29) is 12.5 Å². The molecule has 1 heterocycles. The molecular formula is C11H22N2O2. The molecule has 1 aliphatic heterocycles. The van der Waals surface area contributed by atoms with Crippen molar-refractivity contribution in [3.63, 3.8) is 0 Å². The van der Waals surface area contributed by atoms with Gasteiger partial charge in [-0.2, -0.15) is 0 Å². The fourth-order valence-corrected chi connectivity index (χ4v) is 1.73. The summed E-state index contributed by atoms with van der Waals surface area (Å²) in [4.78, 5) is 12.0. The first-order valence-corrected chi connectivity index (χ1v) is 5.58. The van der Waals surface area contributed by atoms with Crippen molar-refractivity contribution in [2.24, 2.45) is 0 Å². The van der Waals surface area contributed by atoms with Crippen molar-refractivity contribution in [2.75, 3.05) is 13.2 Å². The molecule has 3 N–H and O–H groups in total. The summed E-state index contributed by atoms with van der Waals surface area (Å²) in [5, 5.41) is 15.2. The lowest BCUT2D eigenvalue weighted by atomic mass is 9.89. The number of carbonyl (C=O) groups excluding carboxylic acids is 1. The van der Waals surface area contributed by atoms with Crippen molar-refractivity contribution in [1.82, 2.24) is 10.6 Å². The molecule has 0 aromatic heterocycles. The molecule has 88 valence electrons. The van der Waals surface area contributed by atoms with Crippen LogP contribution in [0.3, 0.4) is 0 Å². The van der Waals surface area contributed by atoms with Gasteiger partial charge in [0.2, 0.25) is 5.91 Å². The Bertz CT molecular complexity index is 233. The van der Waals surface area contributed by atoms with Crippen LogP contribution in [0.25, 0.3) is 0 Å². The van der Waals surface area contributed by atoms with Gasteiger partial charge in [0.15, 0.2) is 0 Å². The van der Waals surface area contributed by atoms with E-state index in [0.717, 1.165) is 25.8 Å². The molecule has 15 heavy (non-hydrogen) atoms. The molecule has 1 unspecified atom stereocenters. The van der Waals surface area contributed by atoms with Crippen LogP contribution in [0.4, 0.5) is 0 Å². The van der Waals surface area contributed by atoms with Crippen LogP contribution < -0.4 is 10.6 Å². The van der Waals surface area contributed by atoms with Crippen molar-refractivity contribution in [3.8, 4) is 0 Å². The molecule has 0 bridgehead atoms. The highest BCUT2D eigenvalue weighted by molar-refractivity contribution is 5.86. The highest BCUT2D eigenvalue weighted by atomic mass is 16.3. The van der Waals surface area contributed by atoms with Crippen LogP contribution in [0.1, 0.15) is 40.0 Å². The van der Waals surface area contributed by atoms with Gasteiger partial charge < -0.3 is 15.7 Å². The van der Waals surface area contributed by atoms with Crippen LogP contribution in [0.15, 0.2) is 0 Å². The second-order valence-corrected chi connectivity index (χ2v) is 5.21. The minimum absolute atomic E-state index is 0.0127. The van der Waals surface area contributed by atoms with Gasteiger partial charge in [0.25, 0.3) is 0 Å². The van der Waals surface area contributed by atoms with Crippen LogP contribution >= 0.6 is 0 Å². The van der Waals surface area contributed by atoms with E-state index in [0.29, 0.717) is 0 Å². The number of amides is 1. The minimum Gasteiger partial charge on any atom is -0.394 e. The molecule has 1 amide bonds. The first-order chi connectivity index (χ1) is 6.90. The van der Waals surface area contributed by atoms with Gasteiger partial charge in [-0.15, -0.1) is 0 Å². The van der Waals surface area contributed by atoms with E-state index in [1.54, 1.807) is 0 Å². The van der Waals surface area contributed by atoms with E-state index in [1.807, 2.05) is 20.8 Å². The molecular weight excluding hydrogens is 192 g/mol. The number of rotatable bonds is 3. The first kappa shape index (κ1) is 12.5. The normalized spacial score (nSPS) is 27.5. The quantitative estimate of drug-likeness (QED) is 0.637. The maximum absolute atomic E-state index is 12.0. The zero-order chi connectivity index (χ0) is 11.5. The van der Waals surface area contributed by atoms with E-state index < -0.39 is 11.1 Å². The summed E-state index contributed by atoms with van der Waals surface area (Å²) in [5.74, 6) is -0.0127. The van der Waals surface area contributed by atoms with E-state index in [4.69, 9.17) is 5.11 Å². The summed E-state index contributed by atoms with van der Waals surface area (Å²) in [6, 6.07) is 0. The zero-order valence-electron chi connectivity index (χ0n) is 9.89. The van der Waals surface area contributed by atoms with Crippen molar-refractivity contribution < 1.29 is 9.90 Å². The molecule has 0 aromatic rings. The van der Waals surface area contributed by atoms with E-state index in [9.17, 15) is 4.79 Å². The third-order valence-electron chi connectivity index (χ3n) is 2.97. The SMILES string of the molecule is CC(C)(CO)NC(=O)C1(C)CCCCN1. The molecule has 0 saturated carbocycles. The predicted octanol–water partition coefficient (Wildman–Crippen LogP) is 0.406. The molecule has 1 rings (SSSR count). The number of aliphatic hydroxyl groups excluding tert-OH is 1. The Morgan fingerprint density at radius 1 is 1.53 bits per heavy atom. The van der Waals surface area contributed by atoms with Gasteiger partial charge >= 0.3 is 0 Å². The number of piperidine rings is 1. The third-order valence-corrected chi connectivity index (χ3v) is 2.97. The van der Waals surface area contributed by atoms with Gasteiger partial charge in [-0.3, -0.25) is 4.79 Å². The Morgan fingerprint density at radius 2 is 2.20 bits per heavy atom. The average Bonchev–Trinajstić information content (AvgIpc) is 2.18. The van der Waals surface area contributed by atoms with Crippen molar-refractivity contribution >= 4 is 5.91 Å². The zero-order valence-corrected chi connectivity index (χ0v) is 9.89. The lowest BCUT2D eigenvalue weighted by Gasteiger charge is -2.36. The van der Waals surface area contributed by atoms with Gasteiger partial charge in [0.1, 0.15) is 0 Å². The molecule has 1 saturated heterocycles. The standard InChI is InChI=1S/C11H22N2O2/c1-10(2,8-14)13-9(15)11(3)6-4-5-7-12-11/h12,14H,4-8H2,1-3H3,(H,13,15). The Hall–Kier alpha value is -0.610. The Labute approximate surface area is 91.4 Å². The monoisotopic (exact) mass is 214 g/mol. The molecule has 1 atom stereocenters. The van der Waals surface area contributed by atoms with Gasteiger partial charge in [0, 0.05) is 0 Å². The molecule has 1 fully saturated rings. The number of aliphatic hydroxyl groups is 1. The molecule has 1 aliphatic rings. The summed E-state index contributed by atoms with van der Waals surface area (Å²) in [6.45, 7) is 6.40. The van der Waals surface area contributed by atoms with Crippen molar-refractivity contribution in [1.29, 1.82) is 0 Å². The van der Waals surface area contributed by atoms with Gasteiger partial charge in [-0.25, -0.2) is 0 Å². The first-order valence-electron chi connectivity index (χ1n) is 5.58. The smallest absolute Gasteiger partial charge is 0.240 e. The maximum atomic E-state index is 12.0. The second kappa shape index (κ2) is 4.49. The number of hydrogen-bond donors (Lipinski definition) is 3. The Kier molecular flexibility index (Phi) is 3.73. The highest BCUT2D eigenvalue weighted by Crippen LogP contribution is 2.19. The van der Waals surface area contributed by atoms with E-state index in [2.05, 4.69) is 10.6 Å². The summed E-state index contributed by atoms with van der Waals surface area (Å²) < 4.78 is 0. The molecule has 0 radical (unpaired) electrons. The number of carbonyl (C=O) groups is 1. The molecule has 0 aromatic carbocycles. The highest BCUT2D eigenvalue weighted by Gasteiger charge is 2.36. The minimum atomic E-state index is -0.542. The molecule has 4 nitrogen and oxygen atoms in total. The Morgan fingerprint density at radius 3 is 2.67 bits per heavy atom. The van der Waals surface area contributed by atoms with Crippen LogP contribution in [-0.4, -0.2) is 35.2 Å². The van der Waals surface area contributed by atoms with E-state index >= 15 is 0 Å².